The lowest BCUT2D eigenvalue weighted by Gasteiger charge is -2.28. The van der Waals surface area contributed by atoms with Gasteiger partial charge in [-0.05, 0) is 54.1 Å². The van der Waals surface area contributed by atoms with Crippen molar-refractivity contribution in [2.75, 3.05) is 23.0 Å². The highest BCUT2D eigenvalue weighted by atomic mass is 32.2. The number of sulfonamides is 1. The monoisotopic (exact) mass is 398 g/mol. The molecule has 7 heteroatoms. The van der Waals surface area contributed by atoms with Crippen molar-refractivity contribution < 1.29 is 17.9 Å². The van der Waals surface area contributed by atoms with Crippen LogP contribution in [-0.4, -0.2) is 33.7 Å². The van der Waals surface area contributed by atoms with Crippen LogP contribution in [0, 0.1) is 0 Å². The topological polar surface area (TPSA) is 75.7 Å². The fraction of sp³-hybridized carbons (Fsp3) is 0.190. The van der Waals surface area contributed by atoms with E-state index >= 15 is 0 Å². The highest BCUT2D eigenvalue weighted by Crippen LogP contribution is 2.25. The Labute approximate surface area is 164 Å². The number of hydrogen-bond donors (Lipinski definition) is 1. The van der Waals surface area contributed by atoms with Gasteiger partial charge in [-0.25, -0.2) is 8.42 Å². The number of rotatable bonds is 6. The van der Waals surface area contributed by atoms with Gasteiger partial charge in [-0.1, -0.05) is 30.3 Å². The first-order chi connectivity index (χ1) is 13.3. The van der Waals surface area contributed by atoms with Gasteiger partial charge in [0.25, 0.3) is 0 Å². The van der Waals surface area contributed by atoms with Crippen molar-refractivity contribution in [3.05, 3.63) is 66.7 Å². The highest BCUT2D eigenvalue weighted by Gasteiger charge is 2.29. The first-order valence-corrected chi connectivity index (χ1v) is 10.6. The van der Waals surface area contributed by atoms with Crippen molar-refractivity contribution in [2.24, 2.45) is 0 Å². The van der Waals surface area contributed by atoms with Crippen molar-refractivity contribution in [2.45, 2.75) is 13.0 Å². The zero-order chi connectivity index (χ0) is 20.3. The fourth-order valence-electron chi connectivity index (χ4n) is 3.05. The Morgan fingerprint density at radius 1 is 1.00 bits per heavy atom. The number of nitrogens with zero attached hydrogens (tertiary/aromatic N) is 1. The molecule has 3 rings (SSSR count). The van der Waals surface area contributed by atoms with Gasteiger partial charge in [0.15, 0.2) is 0 Å². The average molecular weight is 398 g/mol. The maximum absolute atomic E-state index is 12.8. The number of anilines is 2. The number of amides is 1. The minimum Gasteiger partial charge on any atom is -0.497 e. The molecule has 0 radical (unpaired) electrons. The molecule has 0 aromatic heterocycles. The Hall–Kier alpha value is -3.06. The molecule has 0 heterocycles. The van der Waals surface area contributed by atoms with Gasteiger partial charge in [-0.2, -0.15) is 0 Å². The molecule has 0 fully saturated rings. The van der Waals surface area contributed by atoms with E-state index in [2.05, 4.69) is 5.32 Å². The molecule has 1 amide bonds. The molecular formula is C21H22N2O4S. The van der Waals surface area contributed by atoms with Gasteiger partial charge in [0.1, 0.15) is 11.8 Å². The standard InChI is InChI=1S/C21H22N2O4S/c1-15(23(28(3,25)26)19-10-12-20(27-2)13-11-19)21(24)22-18-9-8-16-6-4-5-7-17(16)14-18/h4-15H,1-3H3,(H,22,24)/t15-/m1/s1. The summed E-state index contributed by atoms with van der Waals surface area (Å²) in [6.07, 6.45) is 1.08. The Morgan fingerprint density at radius 3 is 2.25 bits per heavy atom. The van der Waals surface area contributed by atoms with Crippen molar-refractivity contribution in [3.8, 4) is 5.75 Å². The van der Waals surface area contributed by atoms with Gasteiger partial charge in [0.2, 0.25) is 15.9 Å². The van der Waals surface area contributed by atoms with Crippen molar-refractivity contribution in [1.29, 1.82) is 0 Å². The smallest absolute Gasteiger partial charge is 0.247 e. The van der Waals surface area contributed by atoms with E-state index < -0.39 is 22.0 Å². The van der Waals surface area contributed by atoms with E-state index in [1.807, 2.05) is 36.4 Å². The van der Waals surface area contributed by atoms with Gasteiger partial charge < -0.3 is 10.1 Å². The molecule has 3 aromatic rings. The van der Waals surface area contributed by atoms with E-state index in [-0.39, 0.29) is 0 Å². The van der Waals surface area contributed by atoms with Crippen LogP contribution in [0.2, 0.25) is 0 Å². The van der Waals surface area contributed by atoms with Crippen LogP contribution in [0.4, 0.5) is 11.4 Å². The lowest BCUT2D eigenvalue weighted by atomic mass is 10.1. The summed E-state index contributed by atoms with van der Waals surface area (Å²) in [6, 6.07) is 19.0. The number of ether oxygens (including phenoxy) is 1. The van der Waals surface area contributed by atoms with Crippen LogP contribution in [-0.2, 0) is 14.8 Å². The maximum atomic E-state index is 12.8. The molecule has 0 aliphatic rings. The van der Waals surface area contributed by atoms with Crippen molar-refractivity contribution in [3.63, 3.8) is 0 Å². The van der Waals surface area contributed by atoms with Gasteiger partial charge in [0, 0.05) is 5.69 Å². The van der Waals surface area contributed by atoms with Gasteiger partial charge >= 0.3 is 0 Å². The molecule has 28 heavy (non-hydrogen) atoms. The van der Waals surface area contributed by atoms with E-state index in [0.717, 1.165) is 21.3 Å². The Bertz CT molecular complexity index is 1090. The average Bonchev–Trinajstić information content (AvgIpc) is 2.67. The SMILES string of the molecule is COc1ccc(N([C@H](C)C(=O)Nc2ccc3ccccc3c2)S(C)(=O)=O)cc1. The number of hydrogen-bond acceptors (Lipinski definition) is 4. The molecule has 146 valence electrons. The highest BCUT2D eigenvalue weighted by molar-refractivity contribution is 7.92. The molecule has 0 unspecified atom stereocenters. The second kappa shape index (κ2) is 7.90. The predicted octanol–water partition coefficient (Wildman–Crippen LogP) is 3.64. The normalized spacial score (nSPS) is 12.4. The van der Waals surface area contributed by atoms with Gasteiger partial charge in [-0.15, -0.1) is 0 Å². The van der Waals surface area contributed by atoms with Crippen LogP contribution in [0.15, 0.2) is 66.7 Å². The Balaban J connectivity index is 1.86. The molecule has 0 aliphatic heterocycles. The van der Waals surface area contributed by atoms with E-state index in [1.54, 1.807) is 37.3 Å². The summed E-state index contributed by atoms with van der Waals surface area (Å²) >= 11 is 0. The van der Waals surface area contributed by atoms with Crippen LogP contribution < -0.4 is 14.4 Å². The van der Waals surface area contributed by atoms with E-state index in [1.165, 1.54) is 7.11 Å². The second-order valence-corrected chi connectivity index (χ2v) is 8.34. The third kappa shape index (κ3) is 4.26. The molecule has 0 saturated heterocycles. The predicted molar refractivity (Wildman–Crippen MR) is 112 cm³/mol. The minimum absolute atomic E-state index is 0.393. The van der Waals surface area contributed by atoms with Gasteiger partial charge in [-0.3, -0.25) is 9.10 Å². The molecule has 0 aliphatic carbocycles. The number of benzene rings is 3. The number of methoxy groups -OCH3 is 1. The zero-order valence-electron chi connectivity index (χ0n) is 15.9. The molecule has 0 saturated carbocycles. The van der Waals surface area contributed by atoms with Crippen LogP contribution in [0.3, 0.4) is 0 Å². The van der Waals surface area contributed by atoms with Crippen molar-refractivity contribution >= 4 is 38.1 Å². The van der Waals surface area contributed by atoms with E-state index in [0.29, 0.717) is 17.1 Å². The van der Waals surface area contributed by atoms with Crippen LogP contribution in [0.1, 0.15) is 6.92 Å². The van der Waals surface area contributed by atoms with Crippen molar-refractivity contribution in [1.82, 2.24) is 0 Å². The van der Waals surface area contributed by atoms with E-state index in [9.17, 15) is 13.2 Å². The summed E-state index contributed by atoms with van der Waals surface area (Å²) in [5, 5.41) is 4.86. The number of carbonyl (C=O) groups is 1. The molecule has 6 nitrogen and oxygen atoms in total. The molecule has 0 spiro atoms. The lowest BCUT2D eigenvalue weighted by Crippen LogP contribution is -2.45. The first-order valence-electron chi connectivity index (χ1n) is 8.73. The third-order valence-electron chi connectivity index (χ3n) is 4.43. The maximum Gasteiger partial charge on any atom is 0.247 e. The summed E-state index contributed by atoms with van der Waals surface area (Å²) in [5.74, 6) is 0.182. The number of carbonyl (C=O) groups excluding carboxylic acids is 1. The minimum atomic E-state index is -3.68. The largest absolute Gasteiger partial charge is 0.497 e. The quantitative estimate of drug-likeness (QED) is 0.688. The molecule has 3 aromatic carbocycles. The lowest BCUT2D eigenvalue weighted by molar-refractivity contribution is -0.116. The Kier molecular flexibility index (Phi) is 5.56. The number of fused-ring (bicyclic) bond motifs is 1. The molecule has 1 atom stereocenters. The summed E-state index contributed by atoms with van der Waals surface area (Å²) in [5.41, 5.74) is 1.00. The number of nitrogens with one attached hydrogen (secondary N) is 1. The van der Waals surface area contributed by atoms with Crippen LogP contribution >= 0.6 is 0 Å². The third-order valence-corrected chi connectivity index (χ3v) is 5.67. The van der Waals surface area contributed by atoms with E-state index in [4.69, 9.17) is 4.74 Å². The summed E-state index contributed by atoms with van der Waals surface area (Å²) < 4.78 is 31.0. The first kappa shape index (κ1) is 19.7. The summed E-state index contributed by atoms with van der Waals surface area (Å²) in [4.78, 5) is 12.8. The molecular weight excluding hydrogens is 376 g/mol. The summed E-state index contributed by atoms with van der Waals surface area (Å²) in [7, 11) is -2.15. The van der Waals surface area contributed by atoms with Gasteiger partial charge in [0.05, 0.1) is 19.1 Å². The second-order valence-electron chi connectivity index (χ2n) is 6.48. The Morgan fingerprint density at radius 2 is 1.64 bits per heavy atom. The zero-order valence-corrected chi connectivity index (χ0v) is 16.7. The molecule has 1 N–H and O–H groups in total. The summed E-state index contributed by atoms with van der Waals surface area (Å²) in [6.45, 7) is 1.56. The fourth-order valence-corrected chi connectivity index (χ4v) is 4.23. The van der Waals surface area contributed by atoms with Crippen LogP contribution in [0.25, 0.3) is 10.8 Å². The molecule has 0 bridgehead atoms. The van der Waals surface area contributed by atoms with Crippen LogP contribution in [0.5, 0.6) is 5.75 Å².